The van der Waals surface area contributed by atoms with Gasteiger partial charge in [-0.25, -0.2) is 0 Å². The van der Waals surface area contributed by atoms with Gasteiger partial charge in [-0.15, -0.1) is 0 Å². The quantitative estimate of drug-likeness (QED) is 0.419. The molecule has 3 aromatic carbocycles. The van der Waals surface area contributed by atoms with Crippen molar-refractivity contribution in [2.75, 3.05) is 4.90 Å². The van der Waals surface area contributed by atoms with Crippen LogP contribution in [0.1, 0.15) is 76.0 Å². The first-order valence-corrected chi connectivity index (χ1v) is 10.5. The van der Waals surface area contributed by atoms with E-state index in [0.29, 0.717) is 17.8 Å². The molecule has 1 heteroatoms. The molecule has 0 aliphatic rings. The lowest BCUT2D eigenvalue weighted by molar-refractivity contribution is 0.862. The maximum absolute atomic E-state index is 2.39. The van der Waals surface area contributed by atoms with Crippen LogP contribution >= 0.6 is 0 Å². The highest BCUT2D eigenvalue weighted by Gasteiger charge is 2.15. The Hall–Kier alpha value is -2.54. The van der Waals surface area contributed by atoms with Crippen LogP contribution in [0.3, 0.4) is 0 Å². The normalized spacial score (nSPS) is 11.5. The van der Waals surface area contributed by atoms with Gasteiger partial charge < -0.3 is 4.90 Å². The lowest BCUT2D eigenvalue weighted by atomic mass is 9.99. The molecular formula is C27H33N. The smallest absolute Gasteiger partial charge is 0.0464 e. The number of anilines is 3. The molecule has 0 saturated heterocycles. The summed E-state index contributed by atoms with van der Waals surface area (Å²) in [5.41, 5.74) is 7.74. The molecule has 0 atom stereocenters. The Labute approximate surface area is 171 Å². The molecule has 0 saturated carbocycles. The highest BCUT2D eigenvalue weighted by molar-refractivity contribution is 5.77. The van der Waals surface area contributed by atoms with Crippen LogP contribution in [0.25, 0.3) is 0 Å². The fourth-order valence-corrected chi connectivity index (χ4v) is 3.52. The minimum Gasteiger partial charge on any atom is -0.310 e. The lowest BCUT2D eigenvalue weighted by Gasteiger charge is -2.28. The molecule has 146 valence electrons. The summed E-state index contributed by atoms with van der Waals surface area (Å²) in [6.07, 6.45) is 0. The molecule has 0 fully saturated rings. The number of benzene rings is 3. The Balaban J connectivity index is 2.18. The van der Waals surface area contributed by atoms with Crippen LogP contribution in [0.4, 0.5) is 17.1 Å². The minimum atomic E-state index is 0.505. The maximum atomic E-state index is 2.39. The van der Waals surface area contributed by atoms with Gasteiger partial charge in [-0.2, -0.15) is 0 Å². The van der Waals surface area contributed by atoms with Crippen LogP contribution in [0.5, 0.6) is 0 Å². The summed E-state index contributed by atoms with van der Waals surface area (Å²) in [4.78, 5) is 2.39. The van der Waals surface area contributed by atoms with Crippen LogP contribution in [0.15, 0.2) is 72.8 Å². The molecule has 0 unspecified atom stereocenters. The van der Waals surface area contributed by atoms with Gasteiger partial charge in [0.2, 0.25) is 0 Å². The van der Waals surface area contributed by atoms with E-state index in [0.717, 1.165) is 0 Å². The zero-order valence-corrected chi connectivity index (χ0v) is 18.1. The summed E-state index contributed by atoms with van der Waals surface area (Å²) in [7, 11) is 0. The predicted molar refractivity (Wildman–Crippen MR) is 123 cm³/mol. The minimum absolute atomic E-state index is 0.505. The summed E-state index contributed by atoms with van der Waals surface area (Å²) in [6, 6.07) is 26.8. The zero-order chi connectivity index (χ0) is 20.3. The van der Waals surface area contributed by atoms with Crippen LogP contribution in [0.2, 0.25) is 0 Å². The largest absolute Gasteiger partial charge is 0.310 e. The topological polar surface area (TPSA) is 3.24 Å². The van der Waals surface area contributed by atoms with Crippen molar-refractivity contribution in [1.29, 1.82) is 0 Å². The summed E-state index contributed by atoms with van der Waals surface area (Å²) < 4.78 is 0. The summed E-state index contributed by atoms with van der Waals surface area (Å²) in [5.74, 6) is 1.52. The van der Waals surface area contributed by atoms with Gasteiger partial charge >= 0.3 is 0 Å². The number of hydrogen-bond acceptors (Lipinski definition) is 1. The fraction of sp³-hybridized carbons (Fsp3) is 0.333. The molecule has 0 aliphatic carbocycles. The van der Waals surface area contributed by atoms with Gasteiger partial charge in [-0.1, -0.05) is 77.9 Å². The van der Waals surface area contributed by atoms with E-state index in [1.807, 2.05) is 0 Å². The first kappa shape index (κ1) is 20.2. The third-order valence-electron chi connectivity index (χ3n) is 5.39. The second-order valence-corrected chi connectivity index (χ2v) is 8.58. The number of rotatable bonds is 6. The van der Waals surface area contributed by atoms with Crippen molar-refractivity contribution in [2.45, 2.75) is 59.3 Å². The molecule has 1 nitrogen and oxygen atoms in total. The Morgan fingerprint density at radius 3 is 1.00 bits per heavy atom. The molecule has 3 rings (SSSR count). The molecule has 0 aliphatic heterocycles. The predicted octanol–water partition coefficient (Wildman–Crippen LogP) is 8.53. The average Bonchev–Trinajstić information content (AvgIpc) is 2.69. The molecule has 0 bridgehead atoms. The fourth-order valence-electron chi connectivity index (χ4n) is 3.52. The maximum Gasteiger partial charge on any atom is 0.0464 e. The van der Waals surface area contributed by atoms with E-state index in [4.69, 9.17) is 0 Å². The van der Waals surface area contributed by atoms with Crippen LogP contribution in [-0.2, 0) is 0 Å². The SMILES string of the molecule is CC(C)c1cccc(N(c2cccc(C(C)C)c2)c2cccc(C(C)C)c2)c1. The third-order valence-corrected chi connectivity index (χ3v) is 5.39. The van der Waals surface area contributed by atoms with E-state index in [2.05, 4.69) is 119 Å². The first-order valence-electron chi connectivity index (χ1n) is 10.5. The van der Waals surface area contributed by atoms with Crippen LogP contribution < -0.4 is 4.90 Å². The van der Waals surface area contributed by atoms with Gasteiger partial charge in [-0.3, -0.25) is 0 Å². The Morgan fingerprint density at radius 1 is 0.464 bits per heavy atom. The van der Waals surface area contributed by atoms with E-state index in [9.17, 15) is 0 Å². The van der Waals surface area contributed by atoms with Crippen LogP contribution in [0, 0.1) is 0 Å². The van der Waals surface area contributed by atoms with Crippen molar-refractivity contribution in [1.82, 2.24) is 0 Å². The van der Waals surface area contributed by atoms with E-state index >= 15 is 0 Å². The monoisotopic (exact) mass is 371 g/mol. The van der Waals surface area contributed by atoms with Crippen LogP contribution in [-0.4, -0.2) is 0 Å². The van der Waals surface area contributed by atoms with Gasteiger partial charge in [0.25, 0.3) is 0 Å². The van der Waals surface area contributed by atoms with Gasteiger partial charge in [0, 0.05) is 17.1 Å². The molecular weight excluding hydrogens is 338 g/mol. The molecule has 0 spiro atoms. The standard InChI is InChI=1S/C27H33N/c1-19(2)22-10-7-13-25(16-22)28(26-14-8-11-23(17-26)20(3)4)27-15-9-12-24(18-27)21(5)6/h7-21H,1-6H3. The highest BCUT2D eigenvalue weighted by Crippen LogP contribution is 2.37. The van der Waals surface area contributed by atoms with Crippen molar-refractivity contribution in [2.24, 2.45) is 0 Å². The number of hydrogen-bond donors (Lipinski definition) is 0. The third kappa shape index (κ3) is 4.47. The second-order valence-electron chi connectivity index (χ2n) is 8.58. The van der Waals surface area contributed by atoms with Crippen molar-refractivity contribution in [3.8, 4) is 0 Å². The van der Waals surface area contributed by atoms with Gasteiger partial charge in [0.05, 0.1) is 0 Å². The second kappa shape index (κ2) is 8.65. The molecule has 28 heavy (non-hydrogen) atoms. The molecule has 3 aromatic rings. The van der Waals surface area contributed by atoms with E-state index in [1.54, 1.807) is 0 Å². The Kier molecular flexibility index (Phi) is 6.24. The molecule has 0 heterocycles. The summed E-state index contributed by atoms with van der Waals surface area (Å²) >= 11 is 0. The van der Waals surface area contributed by atoms with Gasteiger partial charge in [0.1, 0.15) is 0 Å². The zero-order valence-electron chi connectivity index (χ0n) is 18.1. The van der Waals surface area contributed by atoms with Gasteiger partial charge in [-0.05, 0) is 70.8 Å². The van der Waals surface area contributed by atoms with Crippen molar-refractivity contribution >= 4 is 17.1 Å². The first-order chi connectivity index (χ1) is 13.4. The summed E-state index contributed by atoms with van der Waals surface area (Å²) in [6.45, 7) is 13.5. The average molecular weight is 372 g/mol. The molecule has 0 amide bonds. The lowest BCUT2D eigenvalue weighted by Crippen LogP contribution is -2.11. The van der Waals surface area contributed by atoms with E-state index < -0.39 is 0 Å². The Bertz CT molecular complexity index is 798. The molecule has 0 N–H and O–H groups in total. The van der Waals surface area contributed by atoms with Crippen molar-refractivity contribution in [3.63, 3.8) is 0 Å². The molecule has 0 aromatic heterocycles. The summed E-state index contributed by atoms with van der Waals surface area (Å²) in [5, 5.41) is 0. The Morgan fingerprint density at radius 2 is 0.750 bits per heavy atom. The van der Waals surface area contributed by atoms with Crippen molar-refractivity contribution in [3.05, 3.63) is 89.5 Å². The number of nitrogens with zero attached hydrogens (tertiary/aromatic N) is 1. The molecule has 0 radical (unpaired) electrons. The van der Waals surface area contributed by atoms with Crippen molar-refractivity contribution < 1.29 is 0 Å². The van der Waals surface area contributed by atoms with E-state index in [1.165, 1.54) is 33.8 Å². The van der Waals surface area contributed by atoms with Gasteiger partial charge in [0.15, 0.2) is 0 Å². The van der Waals surface area contributed by atoms with E-state index in [-0.39, 0.29) is 0 Å². The highest BCUT2D eigenvalue weighted by atomic mass is 15.1.